The Hall–Kier alpha value is -2.33. The van der Waals surface area contributed by atoms with Crippen LogP contribution in [-0.2, 0) is 10.3 Å². The molecule has 0 amide bonds. The number of benzene rings is 2. The summed E-state index contributed by atoms with van der Waals surface area (Å²) < 4.78 is 0. The van der Waals surface area contributed by atoms with Crippen LogP contribution in [0.5, 0.6) is 0 Å². The Bertz CT molecular complexity index is 801. The van der Waals surface area contributed by atoms with Gasteiger partial charge in [0.1, 0.15) is 11.8 Å². The normalized spacial score (nSPS) is 17.0. The van der Waals surface area contributed by atoms with Gasteiger partial charge in [-0.3, -0.25) is 4.99 Å². The molecule has 0 heterocycles. The Labute approximate surface area is 153 Å². The molecule has 4 nitrogen and oxygen atoms in total. The van der Waals surface area contributed by atoms with E-state index in [9.17, 15) is 4.79 Å². The zero-order valence-electron chi connectivity index (χ0n) is 14.2. The van der Waals surface area contributed by atoms with Gasteiger partial charge < -0.3 is 15.8 Å². The standard InChI is InChI=1S/C20H22ClN3O/c1-23-19(22)24-20(13-25,12-14-8-9-14)17-6-2-4-15(10-17)16-5-3-7-18(21)11-16/h2-7,10-11,13-14H,8-9,12H2,1H3,(H3,22,23,24). The van der Waals surface area contributed by atoms with Gasteiger partial charge in [-0.25, -0.2) is 0 Å². The molecule has 1 aliphatic rings. The Morgan fingerprint density at radius 3 is 2.56 bits per heavy atom. The molecular formula is C20H22ClN3O. The summed E-state index contributed by atoms with van der Waals surface area (Å²) in [5, 5.41) is 3.82. The zero-order valence-corrected chi connectivity index (χ0v) is 15.0. The molecule has 0 spiro atoms. The van der Waals surface area contributed by atoms with Crippen molar-refractivity contribution < 1.29 is 4.79 Å². The molecule has 1 atom stereocenters. The van der Waals surface area contributed by atoms with Gasteiger partial charge in [0.25, 0.3) is 0 Å². The van der Waals surface area contributed by atoms with Crippen LogP contribution in [0.1, 0.15) is 24.8 Å². The van der Waals surface area contributed by atoms with E-state index in [1.54, 1.807) is 7.05 Å². The minimum atomic E-state index is -0.862. The van der Waals surface area contributed by atoms with E-state index in [1.165, 1.54) is 0 Å². The molecule has 130 valence electrons. The average Bonchev–Trinajstić information content (AvgIpc) is 3.45. The molecule has 3 N–H and O–H groups in total. The number of nitrogens with one attached hydrogen (secondary N) is 1. The molecule has 1 unspecified atom stereocenters. The topological polar surface area (TPSA) is 67.5 Å². The van der Waals surface area contributed by atoms with Crippen LogP contribution < -0.4 is 11.1 Å². The summed E-state index contributed by atoms with van der Waals surface area (Å²) in [4.78, 5) is 16.1. The highest BCUT2D eigenvalue weighted by molar-refractivity contribution is 6.30. The molecule has 0 aromatic heterocycles. The maximum absolute atomic E-state index is 12.1. The fourth-order valence-corrected chi connectivity index (χ4v) is 3.28. The molecular weight excluding hydrogens is 334 g/mol. The third kappa shape index (κ3) is 4.02. The highest BCUT2D eigenvalue weighted by Gasteiger charge is 2.39. The second-order valence-electron chi connectivity index (χ2n) is 6.56. The summed E-state index contributed by atoms with van der Waals surface area (Å²) >= 11 is 6.12. The Kier molecular flexibility index (Phi) is 5.09. The van der Waals surface area contributed by atoms with E-state index in [2.05, 4.69) is 10.3 Å². The highest BCUT2D eigenvalue weighted by Crippen LogP contribution is 2.40. The third-order valence-electron chi connectivity index (χ3n) is 4.64. The predicted molar refractivity (Wildman–Crippen MR) is 103 cm³/mol. The van der Waals surface area contributed by atoms with Crippen LogP contribution in [0.25, 0.3) is 11.1 Å². The highest BCUT2D eigenvalue weighted by atomic mass is 35.5. The van der Waals surface area contributed by atoms with E-state index in [1.807, 2.05) is 48.5 Å². The van der Waals surface area contributed by atoms with E-state index in [4.69, 9.17) is 17.3 Å². The van der Waals surface area contributed by atoms with Gasteiger partial charge in [-0.1, -0.05) is 54.8 Å². The first-order valence-corrected chi connectivity index (χ1v) is 8.77. The van der Waals surface area contributed by atoms with Crippen molar-refractivity contribution in [3.63, 3.8) is 0 Å². The predicted octanol–water partition coefficient (Wildman–Crippen LogP) is 3.74. The van der Waals surface area contributed by atoms with Crippen LogP contribution in [0.15, 0.2) is 53.5 Å². The Balaban J connectivity index is 2.03. The summed E-state index contributed by atoms with van der Waals surface area (Å²) in [6.07, 6.45) is 3.97. The fraction of sp³-hybridized carbons (Fsp3) is 0.300. The van der Waals surface area contributed by atoms with Crippen molar-refractivity contribution in [1.82, 2.24) is 5.32 Å². The largest absolute Gasteiger partial charge is 0.370 e. The quantitative estimate of drug-likeness (QED) is 0.471. The van der Waals surface area contributed by atoms with E-state index in [0.29, 0.717) is 17.4 Å². The number of nitrogens with two attached hydrogens (primary N) is 1. The number of aliphatic imine (C=N–C) groups is 1. The number of halogens is 1. The SMILES string of the molecule is CN=C(N)NC(C=O)(CC1CC1)c1cccc(-c2cccc(Cl)c2)c1. The molecule has 2 aromatic carbocycles. The van der Waals surface area contributed by atoms with Crippen molar-refractivity contribution in [3.05, 3.63) is 59.1 Å². The van der Waals surface area contributed by atoms with Gasteiger partial charge in [-0.2, -0.15) is 0 Å². The molecule has 3 rings (SSSR count). The van der Waals surface area contributed by atoms with Crippen molar-refractivity contribution in [2.75, 3.05) is 7.05 Å². The van der Waals surface area contributed by atoms with Gasteiger partial charge in [0.05, 0.1) is 0 Å². The van der Waals surface area contributed by atoms with Gasteiger partial charge in [0.2, 0.25) is 0 Å². The number of nitrogens with zero attached hydrogens (tertiary/aromatic N) is 1. The van der Waals surface area contributed by atoms with E-state index >= 15 is 0 Å². The Morgan fingerprint density at radius 2 is 1.96 bits per heavy atom. The molecule has 5 heteroatoms. The van der Waals surface area contributed by atoms with Crippen LogP contribution in [0.2, 0.25) is 5.02 Å². The Morgan fingerprint density at radius 1 is 1.28 bits per heavy atom. The minimum Gasteiger partial charge on any atom is -0.370 e. The molecule has 25 heavy (non-hydrogen) atoms. The molecule has 0 aliphatic heterocycles. The van der Waals surface area contributed by atoms with Crippen LogP contribution in [-0.4, -0.2) is 19.3 Å². The number of aldehydes is 1. The number of hydrogen-bond donors (Lipinski definition) is 2. The van der Waals surface area contributed by atoms with Gasteiger partial charge in [-0.05, 0) is 47.2 Å². The molecule has 0 saturated heterocycles. The van der Waals surface area contributed by atoms with E-state index < -0.39 is 5.54 Å². The molecule has 1 aliphatic carbocycles. The van der Waals surface area contributed by atoms with E-state index in [0.717, 1.165) is 35.8 Å². The summed E-state index contributed by atoms with van der Waals surface area (Å²) in [5.41, 5.74) is 7.95. The number of rotatable bonds is 6. The lowest BCUT2D eigenvalue weighted by Gasteiger charge is -2.31. The minimum absolute atomic E-state index is 0.265. The fourth-order valence-electron chi connectivity index (χ4n) is 3.09. The number of guanidine groups is 1. The van der Waals surface area contributed by atoms with Gasteiger partial charge in [0, 0.05) is 12.1 Å². The first kappa shape index (κ1) is 17.5. The molecule has 1 fully saturated rings. The summed E-state index contributed by atoms with van der Waals surface area (Å²) in [6.45, 7) is 0. The summed E-state index contributed by atoms with van der Waals surface area (Å²) in [5.74, 6) is 0.804. The summed E-state index contributed by atoms with van der Waals surface area (Å²) in [7, 11) is 1.61. The maximum atomic E-state index is 12.1. The molecule has 2 aromatic rings. The molecule has 0 radical (unpaired) electrons. The van der Waals surface area contributed by atoms with Crippen molar-refractivity contribution in [1.29, 1.82) is 0 Å². The molecule has 1 saturated carbocycles. The van der Waals surface area contributed by atoms with Crippen LogP contribution in [0.3, 0.4) is 0 Å². The number of hydrogen-bond acceptors (Lipinski definition) is 2. The smallest absolute Gasteiger partial charge is 0.189 e. The number of carbonyl (C=O) groups excluding carboxylic acids is 1. The van der Waals surface area contributed by atoms with Crippen molar-refractivity contribution in [3.8, 4) is 11.1 Å². The monoisotopic (exact) mass is 355 g/mol. The lowest BCUT2D eigenvalue weighted by atomic mass is 9.84. The second kappa shape index (κ2) is 7.28. The lowest BCUT2D eigenvalue weighted by Crippen LogP contribution is -2.50. The van der Waals surface area contributed by atoms with Crippen molar-refractivity contribution >= 4 is 23.8 Å². The summed E-state index contributed by atoms with van der Waals surface area (Å²) in [6, 6.07) is 15.6. The third-order valence-corrected chi connectivity index (χ3v) is 4.87. The van der Waals surface area contributed by atoms with Gasteiger partial charge in [0.15, 0.2) is 5.96 Å². The number of carbonyl (C=O) groups is 1. The van der Waals surface area contributed by atoms with Gasteiger partial charge in [-0.15, -0.1) is 0 Å². The lowest BCUT2D eigenvalue weighted by molar-refractivity contribution is -0.113. The van der Waals surface area contributed by atoms with Gasteiger partial charge >= 0.3 is 0 Å². The maximum Gasteiger partial charge on any atom is 0.189 e. The first-order chi connectivity index (χ1) is 12.1. The zero-order chi connectivity index (χ0) is 17.9. The molecule has 0 bridgehead atoms. The first-order valence-electron chi connectivity index (χ1n) is 8.39. The van der Waals surface area contributed by atoms with Crippen LogP contribution in [0, 0.1) is 5.92 Å². The van der Waals surface area contributed by atoms with Crippen LogP contribution in [0.4, 0.5) is 0 Å². The van der Waals surface area contributed by atoms with E-state index in [-0.39, 0.29) is 5.96 Å². The van der Waals surface area contributed by atoms with Crippen molar-refractivity contribution in [2.45, 2.75) is 24.8 Å². The average molecular weight is 356 g/mol. The van der Waals surface area contributed by atoms with Crippen LogP contribution >= 0.6 is 11.6 Å². The van der Waals surface area contributed by atoms with Crippen molar-refractivity contribution in [2.24, 2.45) is 16.6 Å². The second-order valence-corrected chi connectivity index (χ2v) is 7.00.